The maximum atomic E-state index is 5.80. The molecule has 0 aromatic carbocycles. The van der Waals surface area contributed by atoms with E-state index in [1.54, 1.807) is 6.20 Å². The van der Waals surface area contributed by atoms with Crippen molar-refractivity contribution in [2.45, 2.75) is 31.7 Å². The first-order valence-corrected chi connectivity index (χ1v) is 6.25. The molecule has 1 aliphatic rings. The molecule has 1 aliphatic carbocycles. The van der Waals surface area contributed by atoms with Crippen LogP contribution < -0.4 is 11.1 Å². The molecule has 2 rings (SSSR count). The van der Waals surface area contributed by atoms with Gasteiger partial charge in [-0.2, -0.15) is 0 Å². The Balaban J connectivity index is 1.99. The highest BCUT2D eigenvalue weighted by Crippen LogP contribution is 2.26. The van der Waals surface area contributed by atoms with Crippen LogP contribution in [0.5, 0.6) is 0 Å². The van der Waals surface area contributed by atoms with Crippen LogP contribution in [0, 0.1) is 5.92 Å². The first kappa shape index (κ1) is 11.7. The predicted octanol–water partition coefficient (Wildman–Crippen LogP) is 2.66. The zero-order valence-electron chi connectivity index (χ0n) is 9.32. The number of aromatic nitrogens is 1. The molecule has 3 nitrogen and oxygen atoms in total. The molecule has 4 heteroatoms. The van der Waals surface area contributed by atoms with E-state index in [-0.39, 0.29) is 0 Å². The molecule has 2 atom stereocenters. The van der Waals surface area contributed by atoms with Crippen molar-refractivity contribution in [1.82, 2.24) is 4.98 Å². The molecule has 0 bridgehead atoms. The minimum absolute atomic E-state index is 0.465. The second kappa shape index (κ2) is 5.51. The van der Waals surface area contributed by atoms with E-state index in [9.17, 15) is 0 Å². The number of nitrogens with two attached hydrogens (primary N) is 1. The Morgan fingerprint density at radius 1 is 1.38 bits per heavy atom. The van der Waals surface area contributed by atoms with Crippen LogP contribution in [0.15, 0.2) is 18.3 Å². The molecule has 3 N–H and O–H groups in total. The quantitative estimate of drug-likeness (QED) is 0.853. The summed E-state index contributed by atoms with van der Waals surface area (Å²) in [6.45, 7) is 0.755. The molecule has 2 unspecified atom stereocenters. The Hall–Kier alpha value is -0.800. The highest BCUT2D eigenvalue weighted by atomic mass is 35.5. The van der Waals surface area contributed by atoms with Crippen LogP contribution in [0.3, 0.4) is 0 Å². The molecular formula is C12H18ClN3. The Kier molecular flexibility index (Phi) is 4.02. The molecule has 1 saturated carbocycles. The summed E-state index contributed by atoms with van der Waals surface area (Å²) in [6, 6.07) is 4.24. The van der Waals surface area contributed by atoms with Crippen LogP contribution in [0.25, 0.3) is 0 Å². The van der Waals surface area contributed by atoms with Crippen molar-refractivity contribution < 1.29 is 0 Å². The van der Waals surface area contributed by atoms with Crippen molar-refractivity contribution >= 4 is 17.4 Å². The summed E-state index contributed by atoms with van der Waals surface area (Å²) in [7, 11) is 0. The molecule has 16 heavy (non-hydrogen) atoms. The fourth-order valence-electron chi connectivity index (χ4n) is 2.33. The fourth-order valence-corrected chi connectivity index (χ4v) is 2.44. The number of nitrogens with one attached hydrogen (secondary N) is 1. The van der Waals surface area contributed by atoms with Gasteiger partial charge in [-0.05, 0) is 37.4 Å². The van der Waals surface area contributed by atoms with E-state index in [4.69, 9.17) is 17.3 Å². The Morgan fingerprint density at radius 3 is 2.88 bits per heavy atom. The van der Waals surface area contributed by atoms with Gasteiger partial charge >= 0.3 is 0 Å². The largest absolute Gasteiger partial charge is 0.367 e. The lowest BCUT2D eigenvalue weighted by Gasteiger charge is -2.31. The van der Waals surface area contributed by atoms with Gasteiger partial charge < -0.3 is 11.1 Å². The number of rotatable bonds is 3. The van der Waals surface area contributed by atoms with E-state index in [1.807, 2.05) is 12.1 Å². The molecule has 0 radical (unpaired) electrons. The molecule has 1 fully saturated rings. The second-order valence-corrected chi connectivity index (χ2v) is 4.83. The number of halogens is 1. The van der Waals surface area contributed by atoms with E-state index in [2.05, 4.69) is 10.3 Å². The highest BCUT2D eigenvalue weighted by Gasteiger charge is 2.23. The lowest BCUT2D eigenvalue weighted by atomic mass is 9.84. The topological polar surface area (TPSA) is 50.9 Å². The highest BCUT2D eigenvalue weighted by molar-refractivity contribution is 6.30. The molecule has 1 heterocycles. The van der Waals surface area contributed by atoms with Gasteiger partial charge in [-0.25, -0.2) is 4.98 Å². The van der Waals surface area contributed by atoms with Gasteiger partial charge in [0.15, 0.2) is 0 Å². The van der Waals surface area contributed by atoms with Crippen LogP contribution in [0.2, 0.25) is 5.02 Å². The average molecular weight is 240 g/mol. The Bertz CT molecular complexity index is 326. The van der Waals surface area contributed by atoms with Gasteiger partial charge in [0.1, 0.15) is 5.82 Å². The van der Waals surface area contributed by atoms with Gasteiger partial charge in [0.2, 0.25) is 0 Å². The van der Waals surface area contributed by atoms with Crippen LogP contribution >= 0.6 is 11.6 Å². The SMILES string of the molecule is NCC1CCCCC1Nc1ccc(Cl)cn1. The van der Waals surface area contributed by atoms with E-state index < -0.39 is 0 Å². The smallest absolute Gasteiger partial charge is 0.126 e. The van der Waals surface area contributed by atoms with Crippen LogP contribution in [0.1, 0.15) is 25.7 Å². The van der Waals surface area contributed by atoms with Gasteiger partial charge in [-0.3, -0.25) is 0 Å². The summed E-state index contributed by atoms with van der Waals surface area (Å²) in [5, 5.41) is 4.13. The zero-order chi connectivity index (χ0) is 11.4. The molecular weight excluding hydrogens is 222 g/mol. The maximum absolute atomic E-state index is 5.80. The van der Waals surface area contributed by atoms with Crippen LogP contribution in [-0.4, -0.2) is 17.6 Å². The van der Waals surface area contributed by atoms with E-state index in [0.29, 0.717) is 17.0 Å². The minimum atomic E-state index is 0.465. The molecule has 0 amide bonds. The monoisotopic (exact) mass is 239 g/mol. The molecule has 1 aromatic rings. The molecule has 88 valence electrons. The van der Waals surface area contributed by atoms with Crippen molar-refractivity contribution in [2.75, 3.05) is 11.9 Å². The summed E-state index contributed by atoms with van der Waals surface area (Å²) in [5.41, 5.74) is 5.79. The maximum Gasteiger partial charge on any atom is 0.126 e. The summed E-state index contributed by atoms with van der Waals surface area (Å²) < 4.78 is 0. The third-order valence-electron chi connectivity index (χ3n) is 3.27. The molecule has 1 aromatic heterocycles. The van der Waals surface area contributed by atoms with Crippen molar-refractivity contribution in [3.05, 3.63) is 23.4 Å². The summed E-state index contributed by atoms with van der Waals surface area (Å²) in [5.74, 6) is 1.47. The van der Waals surface area contributed by atoms with Crippen LogP contribution in [-0.2, 0) is 0 Å². The fraction of sp³-hybridized carbons (Fsp3) is 0.583. The number of anilines is 1. The van der Waals surface area contributed by atoms with E-state index >= 15 is 0 Å². The van der Waals surface area contributed by atoms with E-state index in [0.717, 1.165) is 12.4 Å². The van der Waals surface area contributed by atoms with E-state index in [1.165, 1.54) is 25.7 Å². The normalized spacial score (nSPS) is 25.4. The average Bonchev–Trinajstić information content (AvgIpc) is 2.33. The third kappa shape index (κ3) is 2.86. The van der Waals surface area contributed by atoms with Gasteiger partial charge in [-0.15, -0.1) is 0 Å². The lowest BCUT2D eigenvalue weighted by molar-refractivity contribution is 0.332. The Morgan fingerprint density at radius 2 is 2.19 bits per heavy atom. The first-order chi connectivity index (χ1) is 7.79. The molecule has 0 spiro atoms. The minimum Gasteiger partial charge on any atom is -0.367 e. The van der Waals surface area contributed by atoms with Crippen molar-refractivity contribution in [1.29, 1.82) is 0 Å². The number of pyridine rings is 1. The first-order valence-electron chi connectivity index (χ1n) is 5.88. The number of hydrogen-bond acceptors (Lipinski definition) is 3. The standard InChI is InChI=1S/C12H18ClN3/c13-10-5-6-12(15-8-10)16-11-4-2-1-3-9(11)7-14/h5-6,8-9,11H,1-4,7,14H2,(H,15,16). The number of hydrogen-bond donors (Lipinski definition) is 2. The molecule has 0 aliphatic heterocycles. The van der Waals surface area contributed by atoms with Gasteiger partial charge in [-0.1, -0.05) is 24.4 Å². The summed E-state index contributed by atoms with van der Waals surface area (Å²) in [4.78, 5) is 4.26. The van der Waals surface area contributed by atoms with Crippen LogP contribution in [0.4, 0.5) is 5.82 Å². The van der Waals surface area contributed by atoms with Gasteiger partial charge in [0.25, 0.3) is 0 Å². The van der Waals surface area contributed by atoms with Gasteiger partial charge in [0, 0.05) is 12.2 Å². The summed E-state index contributed by atoms with van der Waals surface area (Å²) in [6.07, 6.45) is 6.66. The zero-order valence-corrected chi connectivity index (χ0v) is 10.1. The summed E-state index contributed by atoms with van der Waals surface area (Å²) >= 11 is 5.80. The predicted molar refractivity (Wildman–Crippen MR) is 67.7 cm³/mol. The Labute approximate surface area is 101 Å². The van der Waals surface area contributed by atoms with Crippen molar-refractivity contribution in [3.63, 3.8) is 0 Å². The lowest BCUT2D eigenvalue weighted by Crippen LogP contribution is -2.36. The third-order valence-corrected chi connectivity index (χ3v) is 3.50. The van der Waals surface area contributed by atoms with Gasteiger partial charge in [0.05, 0.1) is 5.02 Å². The van der Waals surface area contributed by atoms with Crippen molar-refractivity contribution in [3.8, 4) is 0 Å². The number of nitrogens with zero attached hydrogens (tertiary/aromatic N) is 1. The molecule has 0 saturated heterocycles. The second-order valence-electron chi connectivity index (χ2n) is 4.39. The van der Waals surface area contributed by atoms with Crippen molar-refractivity contribution in [2.24, 2.45) is 11.7 Å².